The third-order valence-corrected chi connectivity index (χ3v) is 2.43. The van der Waals surface area contributed by atoms with Crippen molar-refractivity contribution in [3.05, 3.63) is 18.1 Å². The minimum Gasteiger partial charge on any atom is -0.354 e. The molecule has 0 saturated carbocycles. The lowest BCUT2D eigenvalue weighted by Crippen LogP contribution is -2.56. The molecule has 0 radical (unpaired) electrons. The van der Waals surface area contributed by atoms with Crippen molar-refractivity contribution < 1.29 is 0 Å². The van der Waals surface area contributed by atoms with Crippen molar-refractivity contribution in [2.24, 2.45) is 0 Å². The van der Waals surface area contributed by atoms with Gasteiger partial charge in [0, 0.05) is 26.3 Å². The van der Waals surface area contributed by atoms with Gasteiger partial charge in [0.15, 0.2) is 0 Å². The van der Waals surface area contributed by atoms with Crippen LogP contribution in [0.15, 0.2) is 12.3 Å². The van der Waals surface area contributed by atoms with E-state index in [1.165, 1.54) is 0 Å². The molecule has 1 aliphatic heterocycles. The molecule has 13 heavy (non-hydrogen) atoms. The predicted octanol–water partition coefficient (Wildman–Crippen LogP) is 0.193. The molecular weight excluding hydrogens is 164 g/mol. The van der Waals surface area contributed by atoms with Gasteiger partial charge in [-0.25, -0.2) is 9.97 Å². The average molecular weight is 178 g/mol. The molecule has 4 nitrogen and oxygen atoms in total. The summed E-state index contributed by atoms with van der Waals surface area (Å²) in [6.45, 7) is 4.02. The Balaban J connectivity index is 2.14. The maximum Gasteiger partial charge on any atom is 0.132 e. The van der Waals surface area contributed by atoms with Gasteiger partial charge in [-0.15, -0.1) is 0 Å². The first-order chi connectivity index (χ1) is 6.27. The number of likely N-dealkylation sites (N-methyl/N-ethyl adjacent to an activating group) is 1. The van der Waals surface area contributed by atoms with Crippen LogP contribution < -0.4 is 10.2 Å². The Morgan fingerprint density at radius 3 is 2.85 bits per heavy atom. The van der Waals surface area contributed by atoms with E-state index in [4.69, 9.17) is 0 Å². The van der Waals surface area contributed by atoms with E-state index in [0.29, 0.717) is 6.04 Å². The van der Waals surface area contributed by atoms with E-state index in [9.17, 15) is 0 Å². The summed E-state index contributed by atoms with van der Waals surface area (Å²) in [5, 5.41) is 3.24. The van der Waals surface area contributed by atoms with Gasteiger partial charge in [-0.3, -0.25) is 0 Å². The van der Waals surface area contributed by atoms with Crippen molar-refractivity contribution >= 4 is 5.82 Å². The molecule has 1 N–H and O–H groups in total. The van der Waals surface area contributed by atoms with Crippen molar-refractivity contribution in [2.45, 2.75) is 13.0 Å². The van der Waals surface area contributed by atoms with Crippen LogP contribution in [0.5, 0.6) is 0 Å². The molecule has 1 aromatic rings. The second-order valence-corrected chi connectivity index (χ2v) is 3.39. The van der Waals surface area contributed by atoms with Crippen molar-refractivity contribution in [3.8, 4) is 0 Å². The molecule has 0 amide bonds. The number of aromatic nitrogens is 2. The summed E-state index contributed by atoms with van der Waals surface area (Å²) in [4.78, 5) is 10.6. The van der Waals surface area contributed by atoms with Gasteiger partial charge in [0.1, 0.15) is 11.6 Å². The Labute approximate surface area is 78.0 Å². The molecule has 70 valence electrons. The van der Waals surface area contributed by atoms with Gasteiger partial charge in [0.05, 0.1) is 6.04 Å². The lowest BCUT2D eigenvalue weighted by Gasteiger charge is -2.36. The molecular formula is C9H14N4. The van der Waals surface area contributed by atoms with Crippen LogP contribution in [-0.2, 0) is 0 Å². The van der Waals surface area contributed by atoms with E-state index in [1.54, 1.807) is 6.20 Å². The SMILES string of the molecule is Cc1nccc(N(C)C2CNC2)n1. The lowest BCUT2D eigenvalue weighted by atomic mass is 10.1. The number of anilines is 1. The van der Waals surface area contributed by atoms with Crippen LogP contribution in [0.25, 0.3) is 0 Å². The third-order valence-electron chi connectivity index (χ3n) is 2.43. The molecule has 4 heteroatoms. The smallest absolute Gasteiger partial charge is 0.132 e. The largest absolute Gasteiger partial charge is 0.354 e. The van der Waals surface area contributed by atoms with Gasteiger partial charge in [-0.1, -0.05) is 0 Å². The quantitative estimate of drug-likeness (QED) is 0.702. The Morgan fingerprint density at radius 2 is 2.31 bits per heavy atom. The summed E-state index contributed by atoms with van der Waals surface area (Å²) in [6.07, 6.45) is 1.81. The van der Waals surface area contributed by atoms with Crippen molar-refractivity contribution in [2.75, 3.05) is 25.0 Å². The molecule has 0 spiro atoms. The second kappa shape index (κ2) is 3.30. The van der Waals surface area contributed by atoms with E-state index in [-0.39, 0.29) is 0 Å². The van der Waals surface area contributed by atoms with E-state index in [0.717, 1.165) is 24.7 Å². The molecule has 2 heterocycles. The number of nitrogens with one attached hydrogen (secondary N) is 1. The summed E-state index contributed by atoms with van der Waals surface area (Å²) in [5.41, 5.74) is 0. The molecule has 0 aliphatic carbocycles. The molecule has 1 fully saturated rings. The fraction of sp³-hybridized carbons (Fsp3) is 0.556. The number of hydrogen-bond acceptors (Lipinski definition) is 4. The molecule has 1 aromatic heterocycles. The Kier molecular flexibility index (Phi) is 2.14. The summed E-state index contributed by atoms with van der Waals surface area (Å²) in [7, 11) is 2.08. The molecule has 0 bridgehead atoms. The number of nitrogens with zero attached hydrogens (tertiary/aromatic N) is 3. The molecule has 1 aliphatic rings. The first-order valence-electron chi connectivity index (χ1n) is 4.50. The first kappa shape index (κ1) is 8.44. The maximum absolute atomic E-state index is 4.36. The van der Waals surface area contributed by atoms with Crippen molar-refractivity contribution in [1.29, 1.82) is 0 Å². The minimum atomic E-state index is 0.592. The first-order valence-corrected chi connectivity index (χ1v) is 4.50. The van der Waals surface area contributed by atoms with Crippen LogP contribution in [0.3, 0.4) is 0 Å². The fourth-order valence-electron chi connectivity index (χ4n) is 1.37. The van der Waals surface area contributed by atoms with Crippen molar-refractivity contribution in [3.63, 3.8) is 0 Å². The highest BCUT2D eigenvalue weighted by Gasteiger charge is 2.22. The Hall–Kier alpha value is -1.16. The van der Waals surface area contributed by atoms with Gasteiger partial charge in [0.25, 0.3) is 0 Å². The lowest BCUT2D eigenvalue weighted by molar-refractivity contribution is 0.426. The van der Waals surface area contributed by atoms with Crippen LogP contribution in [0.4, 0.5) is 5.82 Å². The molecule has 1 saturated heterocycles. The van der Waals surface area contributed by atoms with Crippen LogP contribution in [0.2, 0.25) is 0 Å². The second-order valence-electron chi connectivity index (χ2n) is 3.39. The summed E-state index contributed by atoms with van der Waals surface area (Å²) >= 11 is 0. The average Bonchev–Trinajstić information content (AvgIpc) is 2.01. The fourth-order valence-corrected chi connectivity index (χ4v) is 1.37. The third kappa shape index (κ3) is 1.62. The topological polar surface area (TPSA) is 41.1 Å². The highest BCUT2D eigenvalue weighted by molar-refractivity contribution is 5.38. The monoisotopic (exact) mass is 178 g/mol. The maximum atomic E-state index is 4.36. The van der Waals surface area contributed by atoms with E-state index < -0.39 is 0 Å². The predicted molar refractivity (Wildman–Crippen MR) is 51.8 cm³/mol. The highest BCUT2D eigenvalue weighted by atomic mass is 15.3. The van der Waals surface area contributed by atoms with Gasteiger partial charge in [-0.2, -0.15) is 0 Å². The zero-order valence-corrected chi connectivity index (χ0v) is 7.99. The van der Waals surface area contributed by atoms with Crippen molar-refractivity contribution in [1.82, 2.24) is 15.3 Å². The zero-order valence-electron chi connectivity index (χ0n) is 7.99. The molecule has 0 aromatic carbocycles. The summed E-state index contributed by atoms with van der Waals surface area (Å²) < 4.78 is 0. The summed E-state index contributed by atoms with van der Waals surface area (Å²) in [6, 6.07) is 2.54. The standard InChI is InChI=1S/C9H14N4/c1-7-11-4-3-9(12-7)13(2)8-5-10-6-8/h3-4,8,10H,5-6H2,1-2H3. The number of hydrogen-bond donors (Lipinski definition) is 1. The highest BCUT2D eigenvalue weighted by Crippen LogP contribution is 2.13. The van der Waals surface area contributed by atoms with Gasteiger partial charge in [0.2, 0.25) is 0 Å². The molecule has 0 atom stereocenters. The van der Waals surface area contributed by atoms with E-state index in [2.05, 4.69) is 27.2 Å². The normalized spacial score (nSPS) is 16.8. The zero-order chi connectivity index (χ0) is 9.26. The van der Waals surface area contributed by atoms with Gasteiger partial charge < -0.3 is 10.2 Å². The number of aryl methyl sites for hydroxylation is 1. The van der Waals surface area contributed by atoms with Gasteiger partial charge >= 0.3 is 0 Å². The summed E-state index contributed by atoms with van der Waals surface area (Å²) in [5.74, 6) is 1.84. The number of rotatable bonds is 2. The molecule has 2 rings (SSSR count). The van der Waals surface area contributed by atoms with E-state index in [1.807, 2.05) is 13.0 Å². The van der Waals surface area contributed by atoms with Crippen LogP contribution in [0, 0.1) is 6.92 Å². The van der Waals surface area contributed by atoms with Crippen LogP contribution in [-0.4, -0.2) is 36.1 Å². The van der Waals surface area contributed by atoms with Crippen LogP contribution in [0.1, 0.15) is 5.82 Å². The Morgan fingerprint density at radius 1 is 1.54 bits per heavy atom. The molecule has 0 unspecified atom stereocenters. The minimum absolute atomic E-state index is 0.592. The Bertz CT molecular complexity index is 295. The van der Waals surface area contributed by atoms with Crippen LogP contribution >= 0.6 is 0 Å². The van der Waals surface area contributed by atoms with Gasteiger partial charge in [-0.05, 0) is 13.0 Å². The van der Waals surface area contributed by atoms with E-state index >= 15 is 0 Å².